The molecule has 8 heteroatoms. The Morgan fingerprint density at radius 2 is 2.33 bits per heavy atom. The lowest BCUT2D eigenvalue weighted by Crippen LogP contribution is -2.25. The molecule has 1 aromatic carbocycles. The van der Waals surface area contributed by atoms with E-state index in [1.165, 1.54) is 6.21 Å². The number of hydrogen-bond donors (Lipinski definition) is 1. The molecule has 1 aromatic heterocycles. The number of rotatable bonds is 2. The fourth-order valence-corrected chi connectivity index (χ4v) is 2.50. The quantitative estimate of drug-likeness (QED) is 0.670. The molecule has 7 nitrogen and oxygen atoms in total. The van der Waals surface area contributed by atoms with Crippen molar-refractivity contribution in [2.24, 2.45) is 11.1 Å². The Labute approximate surface area is 125 Å². The summed E-state index contributed by atoms with van der Waals surface area (Å²) in [6, 6.07) is 5.18. The van der Waals surface area contributed by atoms with E-state index < -0.39 is 0 Å². The molecule has 0 bridgehead atoms. The van der Waals surface area contributed by atoms with E-state index in [0.29, 0.717) is 22.8 Å². The average molecular weight is 306 g/mol. The zero-order chi connectivity index (χ0) is 15.0. The fourth-order valence-electron chi connectivity index (χ4n) is 2.33. The van der Waals surface area contributed by atoms with E-state index in [4.69, 9.17) is 17.5 Å². The maximum atomic E-state index is 12.4. The second-order valence-electron chi connectivity index (χ2n) is 4.61. The van der Waals surface area contributed by atoms with Gasteiger partial charge in [0.15, 0.2) is 0 Å². The first-order chi connectivity index (χ1) is 10.1. The lowest BCUT2D eigenvalue weighted by atomic mass is 10.1. The number of imidazole rings is 1. The zero-order valence-corrected chi connectivity index (χ0v) is 11.9. The highest BCUT2D eigenvalue weighted by Gasteiger charge is 2.25. The summed E-state index contributed by atoms with van der Waals surface area (Å²) in [7, 11) is 1.72. The molecule has 21 heavy (non-hydrogen) atoms. The molecule has 0 aliphatic carbocycles. The minimum atomic E-state index is -0.103. The first-order valence-electron chi connectivity index (χ1n) is 6.12. The number of nitrogens with two attached hydrogens (primary N) is 1. The fraction of sp³-hybridized carbons (Fsp3) is 0.154. The summed E-state index contributed by atoms with van der Waals surface area (Å²) in [6.07, 6.45) is 3.04. The lowest BCUT2D eigenvalue weighted by Gasteiger charge is -2.14. The van der Waals surface area contributed by atoms with Gasteiger partial charge >= 0.3 is 0 Å². The van der Waals surface area contributed by atoms with Crippen molar-refractivity contribution >= 4 is 23.7 Å². The van der Waals surface area contributed by atoms with Crippen molar-refractivity contribution in [2.75, 3.05) is 7.05 Å². The second-order valence-corrected chi connectivity index (χ2v) is 5.05. The van der Waals surface area contributed by atoms with Crippen LogP contribution in [0.1, 0.15) is 21.7 Å². The van der Waals surface area contributed by atoms with Gasteiger partial charge in [-0.3, -0.25) is 9.36 Å². The van der Waals surface area contributed by atoms with Gasteiger partial charge in [-0.1, -0.05) is 16.8 Å². The van der Waals surface area contributed by atoms with Crippen molar-refractivity contribution in [3.05, 3.63) is 46.5 Å². The predicted octanol–water partition coefficient (Wildman–Crippen LogP) is 1.34. The van der Waals surface area contributed by atoms with Gasteiger partial charge in [-0.15, -0.1) is 5.90 Å². The van der Waals surface area contributed by atoms with Gasteiger partial charge in [0, 0.05) is 12.1 Å². The molecule has 0 spiro atoms. The lowest BCUT2D eigenvalue weighted by molar-refractivity contribution is 0.0788. The van der Waals surface area contributed by atoms with Crippen LogP contribution in [0.2, 0.25) is 5.02 Å². The van der Waals surface area contributed by atoms with Crippen LogP contribution >= 0.6 is 11.6 Å². The summed E-state index contributed by atoms with van der Waals surface area (Å²) >= 11 is 6.00. The Kier molecular flexibility index (Phi) is 3.36. The highest BCUT2D eigenvalue weighted by Crippen LogP contribution is 2.27. The van der Waals surface area contributed by atoms with Crippen LogP contribution in [0.25, 0.3) is 5.69 Å². The molecule has 0 saturated heterocycles. The normalized spacial score (nSPS) is 14.0. The molecule has 2 N–H and O–H groups in total. The van der Waals surface area contributed by atoms with E-state index in [1.54, 1.807) is 36.5 Å². The summed E-state index contributed by atoms with van der Waals surface area (Å²) in [5.41, 5.74) is 2.65. The molecule has 2 heterocycles. The third kappa shape index (κ3) is 2.26. The molecular formula is C13H12ClN5O2. The highest BCUT2D eigenvalue weighted by atomic mass is 35.5. The molecule has 1 aliphatic heterocycles. The standard InChI is InChI=1S/C13H12ClN5O2/c1-18-6-12-10(5-17-21-15)16-7-19(12)11-3-2-8(14)4-9(11)13(18)20/h2-5,7H,6,15H2,1H3. The minimum absolute atomic E-state index is 0.103. The van der Waals surface area contributed by atoms with Gasteiger partial charge in [0.1, 0.15) is 12.0 Å². The van der Waals surface area contributed by atoms with Crippen molar-refractivity contribution < 1.29 is 9.73 Å². The van der Waals surface area contributed by atoms with Gasteiger partial charge in [-0.25, -0.2) is 4.98 Å². The van der Waals surface area contributed by atoms with Crippen molar-refractivity contribution in [3.63, 3.8) is 0 Å². The molecule has 0 fully saturated rings. The van der Waals surface area contributed by atoms with E-state index >= 15 is 0 Å². The van der Waals surface area contributed by atoms with Crippen LogP contribution in [0.5, 0.6) is 0 Å². The number of nitrogens with zero attached hydrogens (tertiary/aromatic N) is 4. The molecule has 0 unspecified atom stereocenters. The summed E-state index contributed by atoms with van der Waals surface area (Å²) in [5, 5.41) is 4.03. The number of carbonyl (C=O) groups excluding carboxylic acids is 1. The molecule has 1 aliphatic rings. The van der Waals surface area contributed by atoms with E-state index in [1.807, 2.05) is 4.57 Å². The maximum Gasteiger partial charge on any atom is 0.256 e. The Hall–Kier alpha value is -2.38. The molecule has 3 rings (SSSR count). The van der Waals surface area contributed by atoms with E-state index in [2.05, 4.69) is 15.1 Å². The van der Waals surface area contributed by atoms with Gasteiger partial charge in [0.05, 0.1) is 29.7 Å². The third-order valence-corrected chi connectivity index (χ3v) is 3.55. The zero-order valence-electron chi connectivity index (χ0n) is 11.2. The molecular weight excluding hydrogens is 294 g/mol. The van der Waals surface area contributed by atoms with Crippen LogP contribution in [0.4, 0.5) is 0 Å². The Morgan fingerprint density at radius 3 is 3.10 bits per heavy atom. The van der Waals surface area contributed by atoms with E-state index in [-0.39, 0.29) is 5.91 Å². The van der Waals surface area contributed by atoms with Gasteiger partial charge in [-0.2, -0.15) is 0 Å². The Balaban J connectivity index is 2.22. The first kappa shape index (κ1) is 13.6. The number of aromatic nitrogens is 2. The third-order valence-electron chi connectivity index (χ3n) is 3.32. The van der Waals surface area contributed by atoms with Crippen LogP contribution in [0, 0.1) is 0 Å². The maximum absolute atomic E-state index is 12.4. The number of amides is 1. The van der Waals surface area contributed by atoms with Crippen molar-refractivity contribution in [1.29, 1.82) is 0 Å². The molecule has 108 valence electrons. The smallest absolute Gasteiger partial charge is 0.256 e. The van der Waals surface area contributed by atoms with Crippen molar-refractivity contribution in [2.45, 2.75) is 6.54 Å². The number of halogens is 1. The molecule has 0 radical (unpaired) electrons. The largest absolute Gasteiger partial charge is 0.336 e. The van der Waals surface area contributed by atoms with E-state index in [0.717, 1.165) is 11.4 Å². The van der Waals surface area contributed by atoms with Crippen molar-refractivity contribution in [3.8, 4) is 5.69 Å². The van der Waals surface area contributed by atoms with Crippen LogP contribution < -0.4 is 5.90 Å². The Bertz CT molecular complexity index is 740. The van der Waals surface area contributed by atoms with Crippen LogP contribution in [0.15, 0.2) is 29.7 Å². The predicted molar refractivity (Wildman–Crippen MR) is 77.2 cm³/mol. The Morgan fingerprint density at radius 1 is 1.52 bits per heavy atom. The number of hydrogen-bond acceptors (Lipinski definition) is 5. The summed E-state index contributed by atoms with van der Waals surface area (Å²) in [6.45, 7) is 0.386. The first-order valence-corrected chi connectivity index (χ1v) is 6.50. The number of benzene rings is 1. The van der Waals surface area contributed by atoms with E-state index in [9.17, 15) is 4.79 Å². The summed E-state index contributed by atoms with van der Waals surface area (Å²) in [4.78, 5) is 22.5. The minimum Gasteiger partial charge on any atom is -0.336 e. The number of oxime groups is 1. The molecule has 1 amide bonds. The SMILES string of the molecule is CN1Cc2c(C=NON)ncn2-c2ccc(Cl)cc2C1=O. The van der Waals surface area contributed by atoms with Crippen LogP contribution in [0.3, 0.4) is 0 Å². The van der Waals surface area contributed by atoms with Crippen LogP contribution in [-0.4, -0.2) is 33.6 Å². The van der Waals surface area contributed by atoms with Gasteiger partial charge in [-0.05, 0) is 18.2 Å². The highest BCUT2D eigenvalue weighted by molar-refractivity contribution is 6.31. The van der Waals surface area contributed by atoms with Crippen LogP contribution in [-0.2, 0) is 11.5 Å². The monoisotopic (exact) mass is 305 g/mol. The molecule has 0 atom stereocenters. The average Bonchev–Trinajstić information content (AvgIpc) is 2.82. The molecule has 2 aromatic rings. The second kappa shape index (κ2) is 5.19. The summed E-state index contributed by atoms with van der Waals surface area (Å²) in [5.74, 6) is 4.78. The number of carbonyl (C=O) groups is 1. The molecule has 0 saturated carbocycles. The van der Waals surface area contributed by atoms with Gasteiger partial charge in [0.2, 0.25) is 0 Å². The number of fused-ring (bicyclic) bond motifs is 3. The summed E-state index contributed by atoms with van der Waals surface area (Å²) < 4.78 is 1.84. The van der Waals surface area contributed by atoms with Gasteiger partial charge < -0.3 is 9.84 Å². The topological polar surface area (TPSA) is 85.7 Å². The van der Waals surface area contributed by atoms with Gasteiger partial charge in [0.25, 0.3) is 5.91 Å². The van der Waals surface area contributed by atoms with Crippen molar-refractivity contribution in [1.82, 2.24) is 14.5 Å².